The molecule has 1 aliphatic carbocycles. The van der Waals surface area contributed by atoms with Gasteiger partial charge in [-0.2, -0.15) is 0 Å². The first kappa shape index (κ1) is 12.6. The standard InChI is InChI=1S/C15H22N4/c1-12-6-2-3-7-13(12)16-10-9-15-18-17-14-8-4-5-11-19(14)15/h4-5,8,11-13,16H,2-3,6-7,9-10H2,1H3. The van der Waals surface area contributed by atoms with Crippen molar-refractivity contribution < 1.29 is 0 Å². The minimum Gasteiger partial charge on any atom is -0.313 e. The average Bonchev–Trinajstić information content (AvgIpc) is 2.85. The Balaban J connectivity index is 1.57. The van der Waals surface area contributed by atoms with Gasteiger partial charge in [-0.25, -0.2) is 0 Å². The highest BCUT2D eigenvalue weighted by Gasteiger charge is 2.20. The maximum Gasteiger partial charge on any atom is 0.160 e. The van der Waals surface area contributed by atoms with E-state index in [4.69, 9.17) is 0 Å². The van der Waals surface area contributed by atoms with Crippen LogP contribution in [0.25, 0.3) is 5.65 Å². The molecule has 0 saturated heterocycles. The van der Waals surface area contributed by atoms with Crippen LogP contribution in [0.15, 0.2) is 24.4 Å². The number of hydrogen-bond donors (Lipinski definition) is 1. The van der Waals surface area contributed by atoms with E-state index in [1.54, 1.807) is 0 Å². The third kappa shape index (κ3) is 2.78. The molecule has 2 aromatic heterocycles. The van der Waals surface area contributed by atoms with E-state index < -0.39 is 0 Å². The third-order valence-corrected chi connectivity index (χ3v) is 4.25. The van der Waals surface area contributed by atoms with Crippen molar-refractivity contribution in [3.63, 3.8) is 0 Å². The van der Waals surface area contributed by atoms with Crippen molar-refractivity contribution in [2.45, 2.75) is 45.1 Å². The van der Waals surface area contributed by atoms with E-state index >= 15 is 0 Å². The fourth-order valence-corrected chi connectivity index (χ4v) is 3.05. The molecule has 0 radical (unpaired) electrons. The quantitative estimate of drug-likeness (QED) is 0.916. The number of nitrogens with zero attached hydrogens (tertiary/aromatic N) is 3. The number of aromatic nitrogens is 3. The SMILES string of the molecule is CC1CCCCC1NCCc1nnc2ccccn12. The van der Waals surface area contributed by atoms with Crippen molar-refractivity contribution in [1.29, 1.82) is 0 Å². The number of rotatable bonds is 4. The van der Waals surface area contributed by atoms with E-state index in [0.29, 0.717) is 6.04 Å². The van der Waals surface area contributed by atoms with E-state index in [1.807, 2.05) is 24.4 Å². The second-order valence-corrected chi connectivity index (χ2v) is 5.62. The van der Waals surface area contributed by atoms with Crippen molar-refractivity contribution in [3.05, 3.63) is 30.2 Å². The first-order valence-corrected chi connectivity index (χ1v) is 7.36. The van der Waals surface area contributed by atoms with Gasteiger partial charge in [-0.3, -0.25) is 4.40 Å². The minimum atomic E-state index is 0.688. The topological polar surface area (TPSA) is 42.2 Å². The molecule has 2 atom stereocenters. The van der Waals surface area contributed by atoms with Crippen LogP contribution >= 0.6 is 0 Å². The number of nitrogens with one attached hydrogen (secondary N) is 1. The summed E-state index contributed by atoms with van der Waals surface area (Å²) < 4.78 is 2.08. The maximum atomic E-state index is 4.27. The molecular formula is C15H22N4. The van der Waals surface area contributed by atoms with Crippen molar-refractivity contribution >= 4 is 5.65 Å². The summed E-state index contributed by atoms with van der Waals surface area (Å²) in [6, 6.07) is 6.70. The van der Waals surface area contributed by atoms with Gasteiger partial charge in [-0.1, -0.05) is 25.8 Å². The van der Waals surface area contributed by atoms with Gasteiger partial charge in [-0.05, 0) is 30.9 Å². The molecule has 3 rings (SSSR count). The van der Waals surface area contributed by atoms with Crippen molar-refractivity contribution in [2.75, 3.05) is 6.54 Å². The predicted octanol–water partition coefficient (Wildman–Crippen LogP) is 2.44. The fraction of sp³-hybridized carbons (Fsp3) is 0.600. The fourth-order valence-electron chi connectivity index (χ4n) is 3.05. The largest absolute Gasteiger partial charge is 0.313 e. The van der Waals surface area contributed by atoms with Crippen LogP contribution in [0.1, 0.15) is 38.4 Å². The average molecular weight is 258 g/mol. The van der Waals surface area contributed by atoms with Crippen molar-refractivity contribution in [2.24, 2.45) is 5.92 Å². The Bertz CT molecular complexity index is 534. The molecule has 2 heterocycles. The van der Waals surface area contributed by atoms with Gasteiger partial charge >= 0.3 is 0 Å². The second-order valence-electron chi connectivity index (χ2n) is 5.62. The Kier molecular flexibility index (Phi) is 3.78. The van der Waals surface area contributed by atoms with Gasteiger partial charge in [-0.15, -0.1) is 10.2 Å². The highest BCUT2D eigenvalue weighted by Crippen LogP contribution is 2.23. The van der Waals surface area contributed by atoms with Crippen molar-refractivity contribution in [3.8, 4) is 0 Å². The maximum absolute atomic E-state index is 4.27. The van der Waals surface area contributed by atoms with Crippen LogP contribution in [0.4, 0.5) is 0 Å². The Morgan fingerprint density at radius 2 is 2.16 bits per heavy atom. The molecule has 19 heavy (non-hydrogen) atoms. The molecule has 0 aliphatic heterocycles. The summed E-state index contributed by atoms with van der Waals surface area (Å²) in [6.45, 7) is 3.36. The summed E-state index contributed by atoms with van der Waals surface area (Å²) in [4.78, 5) is 0. The highest BCUT2D eigenvalue weighted by molar-refractivity contribution is 5.36. The molecular weight excluding hydrogens is 236 g/mol. The minimum absolute atomic E-state index is 0.688. The molecule has 0 aromatic carbocycles. The lowest BCUT2D eigenvalue weighted by atomic mass is 9.86. The second kappa shape index (κ2) is 5.70. The van der Waals surface area contributed by atoms with E-state index in [2.05, 4.69) is 26.8 Å². The lowest BCUT2D eigenvalue weighted by Gasteiger charge is -2.29. The summed E-state index contributed by atoms with van der Waals surface area (Å²) in [5.74, 6) is 1.86. The smallest absolute Gasteiger partial charge is 0.160 e. The Hall–Kier alpha value is -1.42. The molecule has 1 N–H and O–H groups in total. The van der Waals surface area contributed by atoms with Crippen LogP contribution in [0.2, 0.25) is 0 Å². The zero-order chi connectivity index (χ0) is 13.1. The highest BCUT2D eigenvalue weighted by atomic mass is 15.2. The molecule has 0 spiro atoms. The molecule has 4 nitrogen and oxygen atoms in total. The van der Waals surface area contributed by atoms with E-state index in [0.717, 1.165) is 30.4 Å². The zero-order valence-electron chi connectivity index (χ0n) is 11.5. The first-order chi connectivity index (χ1) is 9.34. The third-order valence-electron chi connectivity index (χ3n) is 4.25. The van der Waals surface area contributed by atoms with Gasteiger partial charge in [0.1, 0.15) is 5.82 Å². The molecule has 4 heteroatoms. The number of fused-ring (bicyclic) bond motifs is 1. The van der Waals surface area contributed by atoms with Gasteiger partial charge in [0.15, 0.2) is 5.65 Å². The summed E-state index contributed by atoms with van der Waals surface area (Å²) in [6.07, 6.45) is 8.43. The summed E-state index contributed by atoms with van der Waals surface area (Å²) in [5, 5.41) is 12.1. The Labute approximate surface area is 114 Å². The van der Waals surface area contributed by atoms with Crippen LogP contribution in [0, 0.1) is 5.92 Å². The van der Waals surface area contributed by atoms with Crippen LogP contribution in [0.5, 0.6) is 0 Å². The van der Waals surface area contributed by atoms with Crippen LogP contribution < -0.4 is 5.32 Å². The normalized spacial score (nSPS) is 23.8. The molecule has 0 amide bonds. The number of hydrogen-bond acceptors (Lipinski definition) is 3. The molecule has 0 bridgehead atoms. The Morgan fingerprint density at radius 1 is 1.26 bits per heavy atom. The van der Waals surface area contributed by atoms with E-state index in [1.165, 1.54) is 25.7 Å². The molecule has 1 fully saturated rings. The van der Waals surface area contributed by atoms with Gasteiger partial charge < -0.3 is 5.32 Å². The monoisotopic (exact) mass is 258 g/mol. The Morgan fingerprint density at radius 3 is 3.05 bits per heavy atom. The van der Waals surface area contributed by atoms with Gasteiger partial charge in [0.2, 0.25) is 0 Å². The molecule has 102 valence electrons. The van der Waals surface area contributed by atoms with Gasteiger partial charge in [0.05, 0.1) is 0 Å². The first-order valence-electron chi connectivity index (χ1n) is 7.36. The molecule has 2 aromatic rings. The summed E-state index contributed by atoms with van der Waals surface area (Å²) in [7, 11) is 0. The summed E-state index contributed by atoms with van der Waals surface area (Å²) >= 11 is 0. The number of pyridine rings is 1. The van der Waals surface area contributed by atoms with Crippen molar-refractivity contribution in [1.82, 2.24) is 19.9 Å². The lowest BCUT2D eigenvalue weighted by Crippen LogP contribution is -2.38. The predicted molar refractivity (Wildman–Crippen MR) is 76.1 cm³/mol. The van der Waals surface area contributed by atoms with E-state index in [9.17, 15) is 0 Å². The molecule has 2 unspecified atom stereocenters. The van der Waals surface area contributed by atoms with Crippen LogP contribution in [-0.2, 0) is 6.42 Å². The zero-order valence-corrected chi connectivity index (χ0v) is 11.5. The summed E-state index contributed by atoms with van der Waals surface area (Å²) in [5.41, 5.74) is 0.934. The van der Waals surface area contributed by atoms with Gasteiger partial charge in [0, 0.05) is 25.2 Å². The van der Waals surface area contributed by atoms with E-state index in [-0.39, 0.29) is 0 Å². The molecule has 1 saturated carbocycles. The van der Waals surface area contributed by atoms with Gasteiger partial charge in [0.25, 0.3) is 0 Å². The van der Waals surface area contributed by atoms with Crippen LogP contribution in [0.3, 0.4) is 0 Å². The molecule has 1 aliphatic rings. The lowest BCUT2D eigenvalue weighted by molar-refractivity contribution is 0.282. The van der Waals surface area contributed by atoms with Crippen LogP contribution in [-0.4, -0.2) is 27.2 Å².